The highest BCUT2D eigenvalue weighted by Gasteiger charge is 2.25. The molecule has 5 heteroatoms. The number of ether oxygens (including phenoxy) is 2. The van der Waals surface area contributed by atoms with Crippen LogP contribution in [0.25, 0.3) is 0 Å². The van der Waals surface area contributed by atoms with Gasteiger partial charge in [0, 0.05) is 39.9 Å². The van der Waals surface area contributed by atoms with Gasteiger partial charge in [-0.3, -0.25) is 10.2 Å². The Morgan fingerprint density at radius 1 is 1.29 bits per heavy atom. The summed E-state index contributed by atoms with van der Waals surface area (Å²) in [6, 6.07) is 2.80. The number of nitrogens with zero attached hydrogens (tertiary/aromatic N) is 2. The van der Waals surface area contributed by atoms with Gasteiger partial charge in [0.05, 0.1) is 19.3 Å². The van der Waals surface area contributed by atoms with Crippen molar-refractivity contribution in [3.63, 3.8) is 0 Å². The molecule has 1 unspecified atom stereocenters. The van der Waals surface area contributed by atoms with Gasteiger partial charge in [0.2, 0.25) is 0 Å². The van der Waals surface area contributed by atoms with Crippen LogP contribution in [0.2, 0.25) is 0 Å². The fourth-order valence-corrected chi connectivity index (χ4v) is 1.66. The summed E-state index contributed by atoms with van der Waals surface area (Å²) in [5, 5.41) is 12.4. The number of nitriles is 1. The molecule has 0 aromatic rings. The van der Waals surface area contributed by atoms with E-state index in [2.05, 4.69) is 16.3 Å². The maximum absolute atomic E-state index is 9.10. The molecule has 1 rings (SSSR count). The lowest BCUT2D eigenvalue weighted by Crippen LogP contribution is -2.43. The summed E-state index contributed by atoms with van der Waals surface area (Å²) < 4.78 is 10.2. The van der Waals surface area contributed by atoms with Gasteiger partial charge in [0.25, 0.3) is 0 Å². The first kappa shape index (κ1) is 14.4. The molecular weight excluding hydrogens is 218 g/mol. The molecule has 17 heavy (non-hydrogen) atoms. The van der Waals surface area contributed by atoms with Crippen LogP contribution >= 0.6 is 0 Å². The Morgan fingerprint density at radius 3 is 2.29 bits per heavy atom. The number of methoxy groups -OCH3 is 2. The van der Waals surface area contributed by atoms with Crippen molar-refractivity contribution in [3.8, 4) is 6.07 Å². The minimum Gasteiger partial charge on any atom is -0.383 e. The van der Waals surface area contributed by atoms with Gasteiger partial charge < -0.3 is 9.47 Å². The first-order valence-corrected chi connectivity index (χ1v) is 6.16. The van der Waals surface area contributed by atoms with Crippen molar-refractivity contribution >= 4 is 0 Å². The molecule has 98 valence electrons. The summed E-state index contributed by atoms with van der Waals surface area (Å²) in [4.78, 5) is 2.20. The van der Waals surface area contributed by atoms with E-state index in [1.54, 1.807) is 14.2 Å². The predicted octanol–water partition coefficient (Wildman–Crippen LogP) is 0.225. The first-order chi connectivity index (χ1) is 8.30. The molecule has 1 saturated carbocycles. The van der Waals surface area contributed by atoms with E-state index in [9.17, 15) is 0 Å². The van der Waals surface area contributed by atoms with Crippen molar-refractivity contribution in [3.05, 3.63) is 0 Å². The largest absolute Gasteiger partial charge is 0.383 e. The molecule has 0 aromatic carbocycles. The normalized spacial score (nSPS) is 17.1. The Kier molecular flexibility index (Phi) is 7.13. The Labute approximate surface area is 104 Å². The topological polar surface area (TPSA) is 57.5 Å². The number of hydrogen-bond donors (Lipinski definition) is 1. The molecule has 1 N–H and O–H groups in total. The smallest absolute Gasteiger partial charge is 0.108 e. The van der Waals surface area contributed by atoms with Gasteiger partial charge in [-0.25, -0.2) is 0 Å². The van der Waals surface area contributed by atoms with Crippen LogP contribution in [0.15, 0.2) is 0 Å². The molecule has 1 fully saturated rings. The van der Waals surface area contributed by atoms with Gasteiger partial charge in [-0.2, -0.15) is 5.26 Å². The van der Waals surface area contributed by atoms with Crippen LogP contribution in [0, 0.1) is 11.3 Å². The SMILES string of the molecule is COCCN(CCOC)CC(C#N)NC1CC1. The van der Waals surface area contributed by atoms with Gasteiger partial charge >= 0.3 is 0 Å². The van der Waals surface area contributed by atoms with Gasteiger partial charge in [-0.1, -0.05) is 0 Å². The van der Waals surface area contributed by atoms with Gasteiger partial charge in [0.15, 0.2) is 0 Å². The first-order valence-electron chi connectivity index (χ1n) is 6.16. The van der Waals surface area contributed by atoms with Crippen molar-refractivity contribution in [2.75, 3.05) is 47.1 Å². The van der Waals surface area contributed by atoms with Crippen LogP contribution in [-0.2, 0) is 9.47 Å². The maximum Gasteiger partial charge on any atom is 0.108 e. The summed E-state index contributed by atoms with van der Waals surface area (Å²) in [5.74, 6) is 0. The molecule has 1 aliphatic rings. The van der Waals surface area contributed by atoms with Crippen LogP contribution in [0.3, 0.4) is 0 Å². The highest BCUT2D eigenvalue weighted by atomic mass is 16.5. The molecular formula is C12H23N3O2. The predicted molar refractivity (Wildman–Crippen MR) is 65.8 cm³/mol. The number of rotatable bonds is 10. The summed E-state index contributed by atoms with van der Waals surface area (Å²) in [5.41, 5.74) is 0. The van der Waals surface area contributed by atoms with Crippen molar-refractivity contribution in [2.24, 2.45) is 0 Å². The van der Waals surface area contributed by atoms with Crippen LogP contribution < -0.4 is 5.32 Å². The minimum atomic E-state index is -0.0868. The second kappa shape index (κ2) is 8.43. The Bertz CT molecular complexity index is 230. The summed E-state index contributed by atoms with van der Waals surface area (Å²) in [6.45, 7) is 3.78. The average Bonchev–Trinajstić information content (AvgIpc) is 3.15. The molecule has 0 bridgehead atoms. The highest BCUT2D eigenvalue weighted by Crippen LogP contribution is 2.19. The molecule has 0 saturated heterocycles. The molecule has 0 aliphatic heterocycles. The minimum absolute atomic E-state index is 0.0868. The molecule has 0 aromatic heterocycles. The van der Waals surface area contributed by atoms with Crippen LogP contribution in [0.1, 0.15) is 12.8 Å². The molecule has 5 nitrogen and oxygen atoms in total. The van der Waals surface area contributed by atoms with Crippen LogP contribution in [0.5, 0.6) is 0 Å². The van der Waals surface area contributed by atoms with Gasteiger partial charge in [-0.15, -0.1) is 0 Å². The van der Waals surface area contributed by atoms with E-state index in [1.165, 1.54) is 12.8 Å². The molecule has 0 heterocycles. The highest BCUT2D eigenvalue weighted by molar-refractivity contribution is 4.97. The van der Waals surface area contributed by atoms with Crippen molar-refractivity contribution in [1.29, 1.82) is 5.26 Å². The number of hydrogen-bond acceptors (Lipinski definition) is 5. The van der Waals surface area contributed by atoms with Gasteiger partial charge in [-0.05, 0) is 12.8 Å². The van der Waals surface area contributed by atoms with E-state index in [1.807, 2.05) is 0 Å². The summed E-state index contributed by atoms with van der Waals surface area (Å²) in [7, 11) is 3.39. The van der Waals surface area contributed by atoms with Crippen molar-refractivity contribution < 1.29 is 9.47 Å². The van der Waals surface area contributed by atoms with E-state index in [4.69, 9.17) is 14.7 Å². The van der Waals surface area contributed by atoms with Crippen LogP contribution in [0.4, 0.5) is 0 Å². The average molecular weight is 241 g/mol. The fraction of sp³-hybridized carbons (Fsp3) is 0.917. The summed E-state index contributed by atoms with van der Waals surface area (Å²) >= 11 is 0. The van der Waals surface area contributed by atoms with E-state index in [0.29, 0.717) is 19.3 Å². The Balaban J connectivity index is 2.29. The van der Waals surface area contributed by atoms with E-state index < -0.39 is 0 Å². The zero-order chi connectivity index (χ0) is 12.5. The second-order valence-electron chi connectivity index (χ2n) is 4.41. The zero-order valence-electron chi connectivity index (χ0n) is 10.8. The lowest BCUT2D eigenvalue weighted by molar-refractivity contribution is 0.111. The fourth-order valence-electron chi connectivity index (χ4n) is 1.66. The van der Waals surface area contributed by atoms with E-state index in [-0.39, 0.29) is 6.04 Å². The maximum atomic E-state index is 9.10. The Hall–Kier alpha value is -0.670. The Morgan fingerprint density at radius 2 is 1.88 bits per heavy atom. The van der Waals surface area contributed by atoms with E-state index in [0.717, 1.165) is 19.6 Å². The lowest BCUT2D eigenvalue weighted by atomic mass is 10.3. The third kappa shape index (κ3) is 6.59. The zero-order valence-corrected chi connectivity index (χ0v) is 10.8. The molecule has 0 amide bonds. The van der Waals surface area contributed by atoms with Crippen molar-refractivity contribution in [2.45, 2.75) is 24.9 Å². The summed E-state index contributed by atoms with van der Waals surface area (Å²) in [6.07, 6.45) is 2.41. The third-order valence-corrected chi connectivity index (χ3v) is 2.83. The quantitative estimate of drug-likeness (QED) is 0.593. The third-order valence-electron chi connectivity index (χ3n) is 2.83. The monoisotopic (exact) mass is 241 g/mol. The lowest BCUT2D eigenvalue weighted by Gasteiger charge is -2.24. The molecule has 0 radical (unpaired) electrons. The van der Waals surface area contributed by atoms with Crippen molar-refractivity contribution in [1.82, 2.24) is 10.2 Å². The molecule has 1 atom stereocenters. The standard InChI is InChI=1S/C12H23N3O2/c1-16-7-5-15(6-8-17-2)10-12(9-13)14-11-3-4-11/h11-12,14H,3-8,10H2,1-2H3. The van der Waals surface area contributed by atoms with E-state index >= 15 is 0 Å². The van der Waals surface area contributed by atoms with Crippen LogP contribution in [-0.4, -0.2) is 64.1 Å². The second-order valence-corrected chi connectivity index (χ2v) is 4.41. The van der Waals surface area contributed by atoms with Gasteiger partial charge in [0.1, 0.15) is 6.04 Å². The number of nitrogens with one attached hydrogen (secondary N) is 1. The molecule has 1 aliphatic carbocycles. The molecule has 0 spiro atoms.